The van der Waals surface area contributed by atoms with Crippen molar-refractivity contribution in [1.29, 1.82) is 0 Å². The zero-order chi connectivity index (χ0) is 11.5. The van der Waals surface area contributed by atoms with Crippen LogP contribution in [0.4, 0.5) is 17.6 Å². The van der Waals surface area contributed by atoms with Crippen LogP contribution in [0.2, 0.25) is 0 Å². The van der Waals surface area contributed by atoms with Gasteiger partial charge in [0.25, 0.3) is 0 Å². The Morgan fingerprint density at radius 3 is 2.53 bits per heavy atom. The molecule has 1 aromatic rings. The number of rotatable bonds is 2. The van der Waals surface area contributed by atoms with Gasteiger partial charge in [0, 0.05) is 0 Å². The topological polar surface area (TPSA) is 9.23 Å². The maximum atomic E-state index is 12.6. The maximum absolute atomic E-state index is 12.6. The number of ether oxygens (including phenoxy) is 1. The molecule has 0 N–H and O–H groups in total. The Labute approximate surface area is 83.7 Å². The van der Waals surface area contributed by atoms with Crippen molar-refractivity contribution < 1.29 is 22.3 Å². The van der Waals surface area contributed by atoms with Crippen LogP contribution < -0.4 is 4.74 Å². The van der Waals surface area contributed by atoms with Crippen molar-refractivity contribution in [2.75, 3.05) is 6.61 Å². The van der Waals surface area contributed by atoms with Gasteiger partial charge >= 0.3 is 6.18 Å². The summed E-state index contributed by atoms with van der Waals surface area (Å²) in [6.45, 7) is -1.45. The molecule has 0 atom stereocenters. The quantitative estimate of drug-likeness (QED) is 0.547. The Morgan fingerprint density at radius 1 is 1.33 bits per heavy atom. The van der Waals surface area contributed by atoms with Gasteiger partial charge in [-0.25, -0.2) is 4.39 Å². The number of hydrogen-bond donors (Lipinski definition) is 0. The van der Waals surface area contributed by atoms with E-state index in [9.17, 15) is 17.6 Å². The highest BCUT2D eigenvalue weighted by atomic mass is 19.4. The van der Waals surface area contributed by atoms with Crippen molar-refractivity contribution in [1.82, 2.24) is 0 Å². The van der Waals surface area contributed by atoms with Crippen LogP contribution in [0.5, 0.6) is 5.75 Å². The largest absolute Gasteiger partial charge is 0.483 e. The molecule has 0 heterocycles. The molecule has 0 fully saturated rings. The van der Waals surface area contributed by atoms with E-state index in [4.69, 9.17) is 6.42 Å². The van der Waals surface area contributed by atoms with Crippen molar-refractivity contribution in [3.8, 4) is 18.1 Å². The van der Waals surface area contributed by atoms with Crippen LogP contribution in [0.15, 0.2) is 18.2 Å². The minimum atomic E-state index is -4.44. The maximum Gasteiger partial charge on any atom is 0.422 e. The molecule has 0 radical (unpaired) electrons. The number of terminal acetylenes is 1. The lowest BCUT2D eigenvalue weighted by molar-refractivity contribution is -0.153. The average Bonchev–Trinajstić information content (AvgIpc) is 2.14. The lowest BCUT2D eigenvalue weighted by Crippen LogP contribution is -2.19. The van der Waals surface area contributed by atoms with Crippen molar-refractivity contribution in [3.63, 3.8) is 0 Å². The first kappa shape index (κ1) is 11.4. The third kappa shape index (κ3) is 3.50. The molecule has 15 heavy (non-hydrogen) atoms. The van der Waals surface area contributed by atoms with Gasteiger partial charge in [-0.1, -0.05) is 5.92 Å². The molecule has 0 aliphatic rings. The van der Waals surface area contributed by atoms with E-state index >= 15 is 0 Å². The minimum absolute atomic E-state index is 0.0424. The Balaban J connectivity index is 2.82. The smallest absolute Gasteiger partial charge is 0.422 e. The molecule has 1 rings (SSSR count). The fraction of sp³-hybridized carbons (Fsp3) is 0.200. The van der Waals surface area contributed by atoms with Crippen LogP contribution in [-0.2, 0) is 0 Å². The Bertz CT molecular complexity index is 389. The summed E-state index contributed by atoms with van der Waals surface area (Å²) < 4.78 is 52.5. The van der Waals surface area contributed by atoms with Crippen molar-refractivity contribution >= 4 is 0 Å². The van der Waals surface area contributed by atoms with Crippen LogP contribution in [0.1, 0.15) is 5.56 Å². The molecule has 0 unspecified atom stereocenters. The van der Waals surface area contributed by atoms with Gasteiger partial charge in [-0.15, -0.1) is 6.42 Å². The molecule has 0 aliphatic heterocycles. The Hall–Kier alpha value is -1.70. The molecule has 0 saturated carbocycles. The van der Waals surface area contributed by atoms with Crippen molar-refractivity contribution in [3.05, 3.63) is 29.6 Å². The van der Waals surface area contributed by atoms with Gasteiger partial charge in [-0.2, -0.15) is 13.2 Å². The van der Waals surface area contributed by atoms with E-state index in [1.807, 2.05) is 5.92 Å². The van der Waals surface area contributed by atoms with E-state index in [-0.39, 0.29) is 11.3 Å². The summed E-state index contributed by atoms with van der Waals surface area (Å²) in [7, 11) is 0. The van der Waals surface area contributed by atoms with Gasteiger partial charge in [-0.3, -0.25) is 0 Å². The molecular formula is C10H6F4O. The molecule has 0 amide bonds. The van der Waals surface area contributed by atoms with Crippen LogP contribution in [0.25, 0.3) is 0 Å². The number of halogens is 4. The minimum Gasteiger partial charge on any atom is -0.483 e. The molecule has 0 spiro atoms. The number of benzene rings is 1. The van der Waals surface area contributed by atoms with E-state index in [0.29, 0.717) is 0 Å². The molecule has 1 nitrogen and oxygen atoms in total. The SMILES string of the molecule is C#Cc1cc(F)ccc1OCC(F)(F)F. The monoisotopic (exact) mass is 218 g/mol. The van der Waals surface area contributed by atoms with Crippen molar-refractivity contribution in [2.45, 2.75) is 6.18 Å². The average molecular weight is 218 g/mol. The van der Waals surface area contributed by atoms with E-state index in [2.05, 4.69) is 4.74 Å². The van der Waals surface area contributed by atoms with Gasteiger partial charge in [-0.05, 0) is 18.2 Å². The molecule has 0 saturated heterocycles. The van der Waals surface area contributed by atoms with Gasteiger partial charge in [0.2, 0.25) is 0 Å². The van der Waals surface area contributed by atoms with E-state index in [1.165, 1.54) is 0 Å². The zero-order valence-corrected chi connectivity index (χ0v) is 7.44. The normalized spacial score (nSPS) is 10.9. The Kier molecular flexibility index (Phi) is 3.20. The molecule has 0 aliphatic carbocycles. The summed E-state index contributed by atoms with van der Waals surface area (Å²) in [6, 6.07) is 2.98. The second-order valence-electron chi connectivity index (χ2n) is 2.69. The summed E-state index contributed by atoms with van der Waals surface area (Å²) >= 11 is 0. The van der Waals surface area contributed by atoms with Crippen LogP contribution in [0, 0.1) is 18.2 Å². The molecular weight excluding hydrogens is 212 g/mol. The molecule has 5 heteroatoms. The lowest BCUT2D eigenvalue weighted by Gasteiger charge is -2.10. The second-order valence-corrected chi connectivity index (χ2v) is 2.69. The molecule has 0 aromatic heterocycles. The lowest BCUT2D eigenvalue weighted by atomic mass is 10.2. The molecule has 1 aromatic carbocycles. The standard InChI is InChI=1S/C10H6F4O/c1-2-7-5-8(11)3-4-9(7)15-6-10(12,13)14/h1,3-5H,6H2. The van der Waals surface area contributed by atoms with Gasteiger partial charge < -0.3 is 4.74 Å². The van der Waals surface area contributed by atoms with Crippen LogP contribution in [-0.4, -0.2) is 12.8 Å². The Morgan fingerprint density at radius 2 is 2.00 bits per heavy atom. The number of hydrogen-bond acceptors (Lipinski definition) is 1. The van der Waals surface area contributed by atoms with Gasteiger partial charge in [0.05, 0.1) is 5.56 Å². The first-order valence-corrected chi connectivity index (χ1v) is 3.88. The first-order chi connectivity index (χ1) is 6.92. The molecule has 80 valence electrons. The van der Waals surface area contributed by atoms with Crippen molar-refractivity contribution in [2.24, 2.45) is 0 Å². The highest BCUT2D eigenvalue weighted by molar-refractivity contribution is 5.45. The second kappa shape index (κ2) is 4.22. The third-order valence-corrected chi connectivity index (χ3v) is 1.49. The van der Waals surface area contributed by atoms with E-state index < -0.39 is 18.6 Å². The summed E-state index contributed by atoms with van der Waals surface area (Å²) in [5.41, 5.74) is -0.0424. The first-order valence-electron chi connectivity index (χ1n) is 3.88. The number of alkyl halides is 3. The summed E-state index contributed by atoms with van der Waals surface area (Å²) in [6.07, 6.45) is 0.537. The third-order valence-electron chi connectivity index (χ3n) is 1.49. The highest BCUT2D eigenvalue weighted by Crippen LogP contribution is 2.22. The zero-order valence-electron chi connectivity index (χ0n) is 7.44. The summed E-state index contributed by atoms with van der Waals surface area (Å²) in [4.78, 5) is 0. The molecule has 0 bridgehead atoms. The predicted molar refractivity (Wildman–Crippen MR) is 45.9 cm³/mol. The van der Waals surface area contributed by atoms with E-state index in [0.717, 1.165) is 18.2 Å². The van der Waals surface area contributed by atoms with Gasteiger partial charge in [0.1, 0.15) is 11.6 Å². The fourth-order valence-electron chi connectivity index (χ4n) is 0.900. The highest BCUT2D eigenvalue weighted by Gasteiger charge is 2.28. The van der Waals surface area contributed by atoms with Gasteiger partial charge in [0.15, 0.2) is 6.61 Å². The predicted octanol–water partition coefficient (Wildman–Crippen LogP) is 2.75. The fourth-order valence-corrected chi connectivity index (χ4v) is 0.900. The summed E-state index contributed by atoms with van der Waals surface area (Å²) in [5.74, 6) is 1.26. The van der Waals surface area contributed by atoms with Crippen LogP contribution in [0.3, 0.4) is 0 Å². The van der Waals surface area contributed by atoms with E-state index in [1.54, 1.807) is 0 Å². The summed E-state index contributed by atoms with van der Waals surface area (Å²) in [5, 5.41) is 0. The van der Waals surface area contributed by atoms with Crippen LogP contribution >= 0.6 is 0 Å².